The summed E-state index contributed by atoms with van der Waals surface area (Å²) in [5.41, 5.74) is 6.11. The molecule has 29 heavy (non-hydrogen) atoms. The number of rotatable bonds is 9. The average molecular weight is 389 g/mol. The summed E-state index contributed by atoms with van der Waals surface area (Å²) in [4.78, 5) is 0. The first-order valence-electron chi connectivity index (χ1n) is 10.5. The van der Waals surface area contributed by atoms with Crippen LogP contribution in [0.3, 0.4) is 0 Å². The predicted octanol–water partition coefficient (Wildman–Crippen LogP) is 6.33. The van der Waals surface area contributed by atoms with Crippen LogP contribution >= 0.6 is 0 Å². The minimum Gasteiger partial charge on any atom is -0.493 e. The van der Waals surface area contributed by atoms with Crippen LogP contribution in [0.4, 0.5) is 0 Å². The summed E-state index contributed by atoms with van der Waals surface area (Å²) in [6, 6.07) is 17.1. The number of hydrogen-bond acceptors (Lipinski definition) is 1. The van der Waals surface area contributed by atoms with Gasteiger partial charge in [0.25, 0.3) is 0 Å². The van der Waals surface area contributed by atoms with E-state index in [-0.39, 0.29) is 0 Å². The van der Waals surface area contributed by atoms with E-state index in [1.807, 2.05) is 19.1 Å². The Morgan fingerprint density at radius 3 is 1.83 bits per heavy atom. The summed E-state index contributed by atoms with van der Waals surface area (Å²) in [6.45, 7) is 13.2. The first kappa shape index (κ1) is 22.4. The van der Waals surface area contributed by atoms with Gasteiger partial charge >= 0.3 is 0 Å². The molecule has 0 bridgehead atoms. The topological polar surface area (TPSA) is 12.2 Å². The highest BCUT2D eigenvalue weighted by molar-refractivity contribution is 6.05. The van der Waals surface area contributed by atoms with Gasteiger partial charge in [-0.1, -0.05) is 65.8 Å². The zero-order valence-corrected chi connectivity index (χ0v) is 18.5. The highest BCUT2D eigenvalue weighted by Gasteiger charge is 2.10. The molecular formula is C27H34NO+. The van der Waals surface area contributed by atoms with Crippen molar-refractivity contribution in [1.29, 1.82) is 0 Å². The molecule has 0 amide bonds. The standard InChI is InChI=1S/C27H34NO/c1-6-28(7-2)26(24-18-14-22(4)15-19-24)12-10-9-11-13-27(29-8-3)25-20-16-23(5)17-21-25/h9-21H,6-8H2,1-5H3/q+1/b11-9+,12-10+,27-13-. The molecule has 0 aliphatic heterocycles. The number of nitrogens with zero attached hydrogens (tertiary/aromatic N) is 1. The van der Waals surface area contributed by atoms with Gasteiger partial charge in [-0.2, -0.15) is 0 Å². The molecule has 0 aliphatic carbocycles. The molecule has 0 atom stereocenters. The van der Waals surface area contributed by atoms with Crippen molar-refractivity contribution in [3.63, 3.8) is 0 Å². The quantitative estimate of drug-likeness (QED) is 0.211. The Morgan fingerprint density at radius 1 is 0.759 bits per heavy atom. The molecule has 0 aliphatic rings. The second-order valence-electron chi connectivity index (χ2n) is 7.00. The van der Waals surface area contributed by atoms with Gasteiger partial charge in [0, 0.05) is 17.2 Å². The number of ether oxygens (including phenoxy) is 1. The monoisotopic (exact) mass is 388 g/mol. The van der Waals surface area contributed by atoms with Gasteiger partial charge in [0.15, 0.2) is 0 Å². The zero-order chi connectivity index (χ0) is 21.1. The van der Waals surface area contributed by atoms with Crippen LogP contribution < -0.4 is 0 Å². The van der Waals surface area contributed by atoms with Crippen molar-refractivity contribution in [1.82, 2.24) is 0 Å². The first-order valence-corrected chi connectivity index (χ1v) is 10.5. The first-order chi connectivity index (χ1) is 14.1. The maximum Gasteiger partial charge on any atom is 0.207 e. The molecule has 0 unspecified atom stereocenters. The van der Waals surface area contributed by atoms with Crippen molar-refractivity contribution in [3.05, 3.63) is 101 Å². The van der Waals surface area contributed by atoms with Crippen molar-refractivity contribution in [2.75, 3.05) is 19.7 Å². The smallest absolute Gasteiger partial charge is 0.207 e. The van der Waals surface area contributed by atoms with Crippen molar-refractivity contribution >= 4 is 11.5 Å². The third-order valence-corrected chi connectivity index (χ3v) is 4.81. The number of hydrogen-bond donors (Lipinski definition) is 0. The SMILES string of the molecule is CCO\C(=C/C=C/C=C/C(c1ccc(C)cc1)=[N+](CC)CC)c1ccc(C)cc1. The van der Waals surface area contributed by atoms with E-state index < -0.39 is 0 Å². The minimum absolute atomic E-state index is 0.650. The van der Waals surface area contributed by atoms with Crippen LogP contribution in [0.5, 0.6) is 0 Å². The predicted molar refractivity (Wildman–Crippen MR) is 126 cm³/mol. The number of allylic oxidation sites excluding steroid dienone is 5. The second-order valence-corrected chi connectivity index (χ2v) is 7.00. The van der Waals surface area contributed by atoms with Crippen LogP contribution in [-0.2, 0) is 4.74 Å². The summed E-state index contributed by atoms with van der Waals surface area (Å²) in [5, 5.41) is 0. The normalized spacial score (nSPS) is 12.0. The summed E-state index contributed by atoms with van der Waals surface area (Å²) < 4.78 is 8.20. The Hall–Kier alpha value is -2.87. The van der Waals surface area contributed by atoms with Gasteiger partial charge in [0.05, 0.1) is 6.61 Å². The molecular weight excluding hydrogens is 354 g/mol. The van der Waals surface area contributed by atoms with Crippen molar-refractivity contribution in [3.8, 4) is 0 Å². The van der Waals surface area contributed by atoms with Crippen LogP contribution in [0, 0.1) is 13.8 Å². The zero-order valence-electron chi connectivity index (χ0n) is 18.5. The molecule has 2 heteroatoms. The third kappa shape index (κ3) is 6.90. The Balaban J connectivity index is 2.23. The second kappa shape index (κ2) is 11.9. The van der Waals surface area contributed by atoms with Gasteiger partial charge in [-0.15, -0.1) is 0 Å². The van der Waals surface area contributed by atoms with Gasteiger partial charge in [-0.3, -0.25) is 0 Å². The van der Waals surface area contributed by atoms with Crippen LogP contribution in [-0.4, -0.2) is 30.0 Å². The van der Waals surface area contributed by atoms with E-state index in [4.69, 9.17) is 4.74 Å². The average Bonchev–Trinajstić information content (AvgIpc) is 2.73. The van der Waals surface area contributed by atoms with Gasteiger partial charge in [-0.05, 0) is 52.8 Å². The summed E-state index contributed by atoms with van der Waals surface area (Å²) in [6.07, 6.45) is 10.4. The highest BCUT2D eigenvalue weighted by Crippen LogP contribution is 2.16. The Labute approximate surface area is 176 Å². The maximum atomic E-state index is 5.82. The molecule has 0 spiro atoms. The lowest BCUT2D eigenvalue weighted by Crippen LogP contribution is -2.20. The fourth-order valence-corrected chi connectivity index (χ4v) is 3.13. The Bertz CT molecular complexity index is 875. The molecule has 2 rings (SSSR count). The summed E-state index contributed by atoms with van der Waals surface area (Å²) in [7, 11) is 0. The Morgan fingerprint density at radius 2 is 1.31 bits per heavy atom. The van der Waals surface area contributed by atoms with Crippen LogP contribution in [0.15, 0.2) is 78.9 Å². The van der Waals surface area contributed by atoms with Gasteiger partial charge in [0.2, 0.25) is 5.71 Å². The van der Waals surface area contributed by atoms with E-state index in [2.05, 4.69) is 99.0 Å². The van der Waals surface area contributed by atoms with Gasteiger partial charge in [-0.25, -0.2) is 4.58 Å². The van der Waals surface area contributed by atoms with Gasteiger partial charge < -0.3 is 4.74 Å². The van der Waals surface area contributed by atoms with Gasteiger partial charge in [0.1, 0.15) is 18.8 Å². The lowest BCUT2D eigenvalue weighted by atomic mass is 10.1. The van der Waals surface area contributed by atoms with Crippen LogP contribution in [0.1, 0.15) is 43.0 Å². The molecule has 152 valence electrons. The third-order valence-electron chi connectivity index (χ3n) is 4.81. The lowest BCUT2D eigenvalue weighted by molar-refractivity contribution is -0.519. The fraction of sp³-hybridized carbons (Fsp3) is 0.296. The van der Waals surface area contributed by atoms with E-state index >= 15 is 0 Å². The molecule has 0 N–H and O–H groups in total. The van der Waals surface area contributed by atoms with E-state index in [0.717, 1.165) is 24.4 Å². The summed E-state index contributed by atoms with van der Waals surface area (Å²) in [5.74, 6) is 0.892. The molecule has 0 saturated carbocycles. The van der Waals surface area contributed by atoms with E-state index in [1.165, 1.54) is 22.4 Å². The van der Waals surface area contributed by atoms with E-state index in [1.54, 1.807) is 0 Å². The summed E-state index contributed by atoms with van der Waals surface area (Å²) >= 11 is 0. The number of aryl methyl sites for hydroxylation is 2. The molecule has 2 aromatic carbocycles. The molecule has 0 fully saturated rings. The molecule has 0 heterocycles. The fourth-order valence-electron chi connectivity index (χ4n) is 3.13. The highest BCUT2D eigenvalue weighted by atomic mass is 16.5. The molecule has 2 aromatic rings. The van der Waals surface area contributed by atoms with Crippen molar-refractivity contribution in [2.24, 2.45) is 0 Å². The maximum absolute atomic E-state index is 5.82. The van der Waals surface area contributed by atoms with Crippen molar-refractivity contribution < 1.29 is 9.31 Å². The molecule has 0 aromatic heterocycles. The van der Waals surface area contributed by atoms with E-state index in [9.17, 15) is 0 Å². The molecule has 2 nitrogen and oxygen atoms in total. The lowest BCUT2D eigenvalue weighted by Gasteiger charge is -2.08. The van der Waals surface area contributed by atoms with Crippen molar-refractivity contribution in [2.45, 2.75) is 34.6 Å². The molecule has 0 radical (unpaired) electrons. The molecule has 0 saturated heterocycles. The van der Waals surface area contributed by atoms with Crippen LogP contribution in [0.2, 0.25) is 0 Å². The van der Waals surface area contributed by atoms with Crippen LogP contribution in [0.25, 0.3) is 5.76 Å². The largest absolute Gasteiger partial charge is 0.493 e. The van der Waals surface area contributed by atoms with E-state index in [0.29, 0.717) is 6.61 Å². The Kier molecular flexibility index (Phi) is 9.17. The number of benzene rings is 2. The minimum atomic E-state index is 0.650.